The Balaban J connectivity index is 2.13. The average Bonchev–Trinajstić information content (AvgIpc) is 2.58. The minimum absolute atomic E-state index is 0.0450. The molecule has 1 unspecified atom stereocenters. The summed E-state index contributed by atoms with van der Waals surface area (Å²) in [6.07, 6.45) is 0. The summed E-state index contributed by atoms with van der Waals surface area (Å²) in [6.45, 7) is -2.86. The van der Waals surface area contributed by atoms with Gasteiger partial charge >= 0.3 is 12.6 Å². The quantitative estimate of drug-likeness (QED) is 0.839. The number of ether oxygens (including phenoxy) is 1. The first-order valence-corrected chi connectivity index (χ1v) is 4.75. The molecular formula is C10H9F2N3O2. The van der Waals surface area contributed by atoms with Crippen molar-refractivity contribution in [1.82, 2.24) is 5.32 Å². The van der Waals surface area contributed by atoms with Crippen LogP contribution < -0.4 is 15.8 Å². The molecule has 1 atom stereocenters. The zero-order valence-corrected chi connectivity index (χ0v) is 8.56. The predicted molar refractivity (Wildman–Crippen MR) is 56.0 cm³/mol. The van der Waals surface area contributed by atoms with Gasteiger partial charge in [-0.2, -0.15) is 13.8 Å². The highest BCUT2D eigenvalue weighted by Crippen LogP contribution is 2.21. The number of rotatable bonds is 3. The van der Waals surface area contributed by atoms with E-state index >= 15 is 0 Å². The number of nitrogens with one attached hydrogen (secondary N) is 1. The second-order valence-electron chi connectivity index (χ2n) is 3.37. The van der Waals surface area contributed by atoms with Crippen LogP contribution in [-0.4, -0.2) is 18.5 Å². The Hall–Kier alpha value is -2.18. The van der Waals surface area contributed by atoms with Crippen molar-refractivity contribution in [3.63, 3.8) is 0 Å². The summed E-state index contributed by atoms with van der Waals surface area (Å²) in [5, 5.41) is 2.52. The normalized spacial score (nSPS) is 19.1. The molecule has 1 heterocycles. The predicted octanol–water partition coefficient (Wildman–Crippen LogP) is 1.41. The lowest BCUT2D eigenvalue weighted by Gasteiger charge is -2.11. The molecule has 0 fully saturated rings. The van der Waals surface area contributed by atoms with Crippen molar-refractivity contribution in [2.75, 3.05) is 0 Å². The van der Waals surface area contributed by atoms with Crippen molar-refractivity contribution < 1.29 is 18.3 Å². The Labute approximate surface area is 95.3 Å². The molecule has 0 aromatic heterocycles. The van der Waals surface area contributed by atoms with Gasteiger partial charge in [-0.1, -0.05) is 12.1 Å². The number of carbonyl (C=O) groups is 1. The number of halogens is 2. The number of aliphatic imine (C=N–C) groups is 1. The van der Waals surface area contributed by atoms with Crippen molar-refractivity contribution in [3.8, 4) is 5.75 Å². The molecule has 0 radical (unpaired) electrons. The summed E-state index contributed by atoms with van der Waals surface area (Å²) in [5.74, 6) is 0.195. The third-order valence-corrected chi connectivity index (χ3v) is 2.23. The molecule has 1 aliphatic rings. The minimum atomic E-state index is -2.86. The van der Waals surface area contributed by atoms with Gasteiger partial charge in [-0.3, -0.25) is 0 Å². The molecule has 0 spiro atoms. The number of urea groups is 1. The average molecular weight is 241 g/mol. The zero-order valence-electron chi connectivity index (χ0n) is 8.56. The van der Waals surface area contributed by atoms with Gasteiger partial charge in [0.1, 0.15) is 17.6 Å². The van der Waals surface area contributed by atoms with E-state index in [1.807, 2.05) is 0 Å². The number of benzene rings is 1. The van der Waals surface area contributed by atoms with Gasteiger partial charge in [-0.15, -0.1) is 0 Å². The lowest BCUT2D eigenvalue weighted by atomic mass is 10.1. The van der Waals surface area contributed by atoms with Crippen molar-refractivity contribution in [1.29, 1.82) is 0 Å². The fourth-order valence-electron chi connectivity index (χ4n) is 1.51. The van der Waals surface area contributed by atoms with Crippen molar-refractivity contribution in [3.05, 3.63) is 29.8 Å². The van der Waals surface area contributed by atoms with Crippen LogP contribution in [-0.2, 0) is 0 Å². The van der Waals surface area contributed by atoms with Crippen molar-refractivity contribution in [2.45, 2.75) is 12.7 Å². The fraction of sp³-hybridized carbons (Fsp3) is 0.200. The lowest BCUT2D eigenvalue weighted by Crippen LogP contribution is -2.27. The number of nitrogens with zero attached hydrogens (tertiary/aromatic N) is 1. The first-order valence-electron chi connectivity index (χ1n) is 4.75. The second-order valence-corrected chi connectivity index (χ2v) is 3.37. The van der Waals surface area contributed by atoms with Gasteiger partial charge in [0, 0.05) is 0 Å². The molecule has 1 aliphatic heterocycles. The van der Waals surface area contributed by atoms with Crippen LogP contribution >= 0.6 is 0 Å². The maximum atomic E-state index is 11.9. The Bertz CT molecular complexity index is 459. The summed E-state index contributed by atoms with van der Waals surface area (Å²) in [7, 11) is 0. The first-order chi connectivity index (χ1) is 8.06. The fourth-order valence-corrected chi connectivity index (χ4v) is 1.51. The van der Waals surface area contributed by atoms with Gasteiger partial charge in [0.05, 0.1) is 0 Å². The third kappa shape index (κ3) is 2.49. The molecule has 1 aromatic carbocycles. The van der Waals surface area contributed by atoms with E-state index < -0.39 is 18.7 Å². The van der Waals surface area contributed by atoms with E-state index in [-0.39, 0.29) is 11.6 Å². The Morgan fingerprint density at radius 3 is 2.47 bits per heavy atom. The smallest absolute Gasteiger partial charge is 0.387 e. The largest absolute Gasteiger partial charge is 0.435 e. The summed E-state index contributed by atoms with van der Waals surface area (Å²) in [5.41, 5.74) is 6.19. The van der Waals surface area contributed by atoms with E-state index in [9.17, 15) is 13.6 Å². The van der Waals surface area contributed by atoms with Crippen molar-refractivity contribution >= 4 is 11.9 Å². The highest BCUT2D eigenvalue weighted by atomic mass is 19.3. The second kappa shape index (κ2) is 4.36. The molecule has 0 saturated carbocycles. The van der Waals surface area contributed by atoms with Crippen LogP contribution in [0.1, 0.15) is 11.6 Å². The topological polar surface area (TPSA) is 76.7 Å². The van der Waals surface area contributed by atoms with Crippen molar-refractivity contribution in [2.24, 2.45) is 10.7 Å². The van der Waals surface area contributed by atoms with Gasteiger partial charge in [0.15, 0.2) is 0 Å². The van der Waals surface area contributed by atoms with Crippen LogP contribution in [0.3, 0.4) is 0 Å². The molecule has 2 amide bonds. The van der Waals surface area contributed by atoms with E-state index in [4.69, 9.17) is 5.73 Å². The van der Waals surface area contributed by atoms with E-state index in [1.54, 1.807) is 0 Å². The molecular weight excluding hydrogens is 232 g/mol. The van der Waals surface area contributed by atoms with E-state index in [2.05, 4.69) is 15.0 Å². The molecule has 2 rings (SSSR count). The van der Waals surface area contributed by atoms with Gasteiger partial charge < -0.3 is 15.8 Å². The third-order valence-electron chi connectivity index (χ3n) is 2.23. The van der Waals surface area contributed by atoms with Crippen LogP contribution in [0.25, 0.3) is 0 Å². The van der Waals surface area contributed by atoms with E-state index in [0.29, 0.717) is 5.56 Å². The summed E-state index contributed by atoms with van der Waals surface area (Å²) in [6, 6.07) is 4.80. The van der Waals surface area contributed by atoms with Crippen LogP contribution in [0.4, 0.5) is 13.6 Å². The monoisotopic (exact) mass is 241 g/mol. The molecule has 0 saturated heterocycles. The van der Waals surface area contributed by atoms with Gasteiger partial charge in [0.2, 0.25) is 0 Å². The van der Waals surface area contributed by atoms with Gasteiger partial charge in [0.25, 0.3) is 0 Å². The van der Waals surface area contributed by atoms with Crippen LogP contribution in [0.2, 0.25) is 0 Å². The SMILES string of the molecule is NC1=NC(=O)NC1c1ccc(OC(F)F)cc1. The molecule has 17 heavy (non-hydrogen) atoms. The lowest BCUT2D eigenvalue weighted by molar-refractivity contribution is -0.0498. The minimum Gasteiger partial charge on any atom is -0.435 e. The highest BCUT2D eigenvalue weighted by Gasteiger charge is 2.24. The van der Waals surface area contributed by atoms with Gasteiger partial charge in [-0.05, 0) is 17.7 Å². The number of amides is 2. The van der Waals surface area contributed by atoms with Gasteiger partial charge in [-0.25, -0.2) is 4.79 Å². The molecule has 90 valence electrons. The highest BCUT2D eigenvalue weighted by molar-refractivity contribution is 6.03. The molecule has 3 N–H and O–H groups in total. The first kappa shape index (κ1) is 11.3. The number of amidine groups is 1. The molecule has 1 aromatic rings. The van der Waals surface area contributed by atoms with Crippen LogP contribution in [0.15, 0.2) is 29.3 Å². The standard InChI is InChI=1S/C10H9F2N3O2/c11-9(12)17-6-3-1-5(2-4-6)7-8(13)15-10(16)14-7/h1-4,7,9H,(H3,13,14,15,16). The van der Waals surface area contributed by atoms with E-state index in [1.165, 1.54) is 24.3 Å². The molecule has 7 heteroatoms. The number of hydrogen-bond acceptors (Lipinski definition) is 3. The Morgan fingerprint density at radius 1 is 1.35 bits per heavy atom. The Morgan fingerprint density at radius 2 is 2.00 bits per heavy atom. The van der Waals surface area contributed by atoms with E-state index in [0.717, 1.165) is 0 Å². The zero-order chi connectivity index (χ0) is 12.4. The van der Waals surface area contributed by atoms with Crippen LogP contribution in [0.5, 0.6) is 5.75 Å². The maximum Gasteiger partial charge on any atom is 0.387 e. The van der Waals surface area contributed by atoms with Crippen LogP contribution in [0, 0.1) is 0 Å². The summed E-state index contributed by atoms with van der Waals surface area (Å²) in [4.78, 5) is 14.5. The molecule has 5 nitrogen and oxygen atoms in total. The summed E-state index contributed by atoms with van der Waals surface area (Å²) >= 11 is 0. The number of alkyl halides is 2. The summed E-state index contributed by atoms with van der Waals surface area (Å²) < 4.78 is 28.0. The number of hydrogen-bond donors (Lipinski definition) is 2. The number of carbonyl (C=O) groups excluding carboxylic acids is 1. The maximum absolute atomic E-state index is 11.9. The number of nitrogens with two attached hydrogens (primary N) is 1. The molecule has 0 aliphatic carbocycles. The molecule has 0 bridgehead atoms. The Kier molecular flexibility index (Phi) is 2.90.